The number of benzene rings is 1. The average molecular weight is 338 g/mol. The van der Waals surface area contributed by atoms with Crippen molar-refractivity contribution in [1.29, 1.82) is 0 Å². The Balaban J connectivity index is 2.18. The van der Waals surface area contributed by atoms with E-state index in [4.69, 9.17) is 0 Å². The van der Waals surface area contributed by atoms with E-state index >= 15 is 0 Å². The molecule has 0 bridgehead atoms. The summed E-state index contributed by atoms with van der Waals surface area (Å²) >= 11 is 3.68. The zero-order chi connectivity index (χ0) is 14.4. The molecule has 0 saturated carbocycles. The summed E-state index contributed by atoms with van der Waals surface area (Å²) in [5, 5.41) is 3.22. The highest BCUT2D eigenvalue weighted by atomic mass is 79.9. The highest BCUT2D eigenvalue weighted by molar-refractivity contribution is 9.10. The number of anilines is 2. The van der Waals surface area contributed by atoms with Gasteiger partial charge in [0.25, 0.3) is 0 Å². The third-order valence-electron chi connectivity index (χ3n) is 4.06. The number of nitrogens with one attached hydrogen (secondary N) is 1. The minimum atomic E-state index is 0.170. The summed E-state index contributed by atoms with van der Waals surface area (Å²) in [6, 6.07) is 4.89. The molecule has 3 rings (SSSR count). The summed E-state index contributed by atoms with van der Waals surface area (Å²) in [5.41, 5.74) is 3.37. The van der Waals surface area contributed by atoms with Gasteiger partial charge in [-0.15, -0.1) is 0 Å². The highest BCUT2D eigenvalue weighted by Gasteiger charge is 2.38. The van der Waals surface area contributed by atoms with Gasteiger partial charge in [0, 0.05) is 23.6 Å². The van der Waals surface area contributed by atoms with Gasteiger partial charge in [-0.05, 0) is 54.4 Å². The smallest absolute Gasteiger partial charge is 0.241 e. The summed E-state index contributed by atoms with van der Waals surface area (Å²) in [7, 11) is 0. The second-order valence-corrected chi connectivity index (χ2v) is 6.76. The SMILES string of the molecule is Cc1cc(Br)c2c(c1)N1C(=O)CNCC1CN2C(C)C. The molecule has 1 saturated heterocycles. The third-order valence-corrected chi connectivity index (χ3v) is 4.66. The lowest BCUT2D eigenvalue weighted by molar-refractivity contribution is -0.119. The van der Waals surface area contributed by atoms with Gasteiger partial charge in [-0.3, -0.25) is 4.79 Å². The molecule has 0 radical (unpaired) electrons. The van der Waals surface area contributed by atoms with Gasteiger partial charge < -0.3 is 15.1 Å². The molecule has 4 nitrogen and oxygen atoms in total. The quantitative estimate of drug-likeness (QED) is 0.854. The Kier molecular flexibility index (Phi) is 3.50. The Morgan fingerprint density at radius 1 is 1.40 bits per heavy atom. The van der Waals surface area contributed by atoms with Crippen molar-refractivity contribution in [2.24, 2.45) is 0 Å². The van der Waals surface area contributed by atoms with E-state index < -0.39 is 0 Å². The summed E-state index contributed by atoms with van der Waals surface area (Å²) in [4.78, 5) is 16.7. The number of fused-ring (bicyclic) bond motifs is 3. The van der Waals surface area contributed by atoms with Crippen LogP contribution in [0.3, 0.4) is 0 Å². The van der Waals surface area contributed by atoms with E-state index in [-0.39, 0.29) is 11.9 Å². The minimum absolute atomic E-state index is 0.170. The highest BCUT2D eigenvalue weighted by Crippen LogP contribution is 2.43. The molecule has 1 aromatic rings. The first kappa shape index (κ1) is 13.9. The first-order valence-electron chi connectivity index (χ1n) is 7.08. The van der Waals surface area contributed by atoms with E-state index in [1.54, 1.807) is 0 Å². The molecule has 2 heterocycles. The molecular formula is C15H20BrN3O. The first-order chi connectivity index (χ1) is 9.49. The molecule has 108 valence electrons. The summed E-state index contributed by atoms with van der Waals surface area (Å²) < 4.78 is 1.07. The van der Waals surface area contributed by atoms with E-state index in [1.165, 1.54) is 5.56 Å². The second kappa shape index (κ2) is 5.04. The molecule has 0 aromatic heterocycles. The molecular weight excluding hydrogens is 318 g/mol. The summed E-state index contributed by atoms with van der Waals surface area (Å²) in [6.45, 7) is 8.64. The molecule has 1 fully saturated rings. The predicted molar refractivity (Wildman–Crippen MR) is 85.5 cm³/mol. The molecule has 0 spiro atoms. The van der Waals surface area contributed by atoms with Crippen molar-refractivity contribution in [2.45, 2.75) is 32.9 Å². The lowest BCUT2D eigenvalue weighted by Crippen LogP contribution is -2.62. The number of carbonyl (C=O) groups is 1. The van der Waals surface area contributed by atoms with Crippen molar-refractivity contribution < 1.29 is 4.79 Å². The molecule has 1 amide bonds. The van der Waals surface area contributed by atoms with Crippen molar-refractivity contribution in [2.75, 3.05) is 29.4 Å². The lowest BCUT2D eigenvalue weighted by atomic mass is 10.0. The second-order valence-electron chi connectivity index (χ2n) is 5.91. The number of hydrogen-bond acceptors (Lipinski definition) is 3. The van der Waals surface area contributed by atoms with Crippen LogP contribution in [0.15, 0.2) is 16.6 Å². The van der Waals surface area contributed by atoms with E-state index in [0.717, 1.165) is 28.9 Å². The lowest BCUT2D eigenvalue weighted by Gasteiger charge is -2.47. The molecule has 1 unspecified atom stereocenters. The maximum atomic E-state index is 12.3. The van der Waals surface area contributed by atoms with Gasteiger partial charge >= 0.3 is 0 Å². The number of carbonyl (C=O) groups excluding carboxylic acids is 1. The van der Waals surface area contributed by atoms with Gasteiger partial charge in [0.15, 0.2) is 0 Å². The largest absolute Gasteiger partial charge is 0.364 e. The zero-order valence-electron chi connectivity index (χ0n) is 12.1. The van der Waals surface area contributed by atoms with Crippen molar-refractivity contribution in [3.8, 4) is 0 Å². The molecule has 1 N–H and O–H groups in total. The standard InChI is InChI=1S/C15H20BrN3O/c1-9(2)18-8-11-6-17-7-14(20)19(11)13-5-10(3)4-12(16)15(13)18/h4-5,9,11,17H,6-8H2,1-3H3. The number of aryl methyl sites for hydroxylation is 1. The van der Waals surface area contributed by atoms with Crippen LogP contribution in [0.5, 0.6) is 0 Å². The van der Waals surface area contributed by atoms with Gasteiger partial charge in [-0.1, -0.05) is 0 Å². The number of piperazine rings is 1. The average Bonchev–Trinajstić information content (AvgIpc) is 2.37. The van der Waals surface area contributed by atoms with Crippen molar-refractivity contribution in [1.82, 2.24) is 5.32 Å². The topological polar surface area (TPSA) is 35.6 Å². The fourth-order valence-electron chi connectivity index (χ4n) is 3.17. The van der Waals surface area contributed by atoms with E-state index in [2.05, 4.69) is 59.1 Å². The molecule has 1 aromatic carbocycles. The predicted octanol–water partition coefficient (Wildman–Crippen LogP) is 2.29. The zero-order valence-corrected chi connectivity index (χ0v) is 13.7. The maximum absolute atomic E-state index is 12.3. The fourth-order valence-corrected chi connectivity index (χ4v) is 3.97. The fraction of sp³-hybridized carbons (Fsp3) is 0.533. The number of rotatable bonds is 1. The Labute approximate surface area is 128 Å². The monoisotopic (exact) mass is 337 g/mol. The van der Waals surface area contributed by atoms with Crippen LogP contribution in [-0.2, 0) is 4.79 Å². The molecule has 0 aliphatic carbocycles. The Morgan fingerprint density at radius 3 is 2.85 bits per heavy atom. The van der Waals surface area contributed by atoms with E-state index in [9.17, 15) is 4.79 Å². The van der Waals surface area contributed by atoms with Gasteiger partial charge in [0.1, 0.15) is 0 Å². The van der Waals surface area contributed by atoms with Crippen LogP contribution in [-0.4, -0.2) is 37.6 Å². The van der Waals surface area contributed by atoms with E-state index in [1.807, 2.05) is 4.90 Å². The molecule has 20 heavy (non-hydrogen) atoms. The van der Waals surface area contributed by atoms with Crippen LogP contribution >= 0.6 is 15.9 Å². The van der Waals surface area contributed by atoms with Crippen molar-refractivity contribution in [3.63, 3.8) is 0 Å². The van der Waals surface area contributed by atoms with Gasteiger partial charge in [-0.25, -0.2) is 0 Å². The number of halogens is 1. The Morgan fingerprint density at radius 2 is 2.15 bits per heavy atom. The van der Waals surface area contributed by atoms with Gasteiger partial charge in [0.2, 0.25) is 5.91 Å². The van der Waals surface area contributed by atoms with Crippen LogP contribution < -0.4 is 15.1 Å². The molecule has 2 aliphatic rings. The number of hydrogen-bond donors (Lipinski definition) is 1. The van der Waals surface area contributed by atoms with Crippen LogP contribution in [0.2, 0.25) is 0 Å². The molecule has 5 heteroatoms. The molecule has 1 atom stereocenters. The maximum Gasteiger partial charge on any atom is 0.241 e. The van der Waals surface area contributed by atoms with Crippen LogP contribution in [0.25, 0.3) is 0 Å². The number of amides is 1. The van der Waals surface area contributed by atoms with Crippen molar-refractivity contribution >= 4 is 33.2 Å². The minimum Gasteiger partial charge on any atom is -0.364 e. The Bertz CT molecular complexity index is 558. The third kappa shape index (κ3) is 2.13. The van der Waals surface area contributed by atoms with E-state index in [0.29, 0.717) is 12.6 Å². The molecule has 2 aliphatic heterocycles. The number of nitrogens with zero attached hydrogens (tertiary/aromatic N) is 2. The van der Waals surface area contributed by atoms with Crippen molar-refractivity contribution in [3.05, 3.63) is 22.2 Å². The summed E-state index contributed by atoms with van der Waals surface area (Å²) in [6.07, 6.45) is 0. The first-order valence-corrected chi connectivity index (χ1v) is 7.88. The van der Waals surface area contributed by atoms with Gasteiger partial charge in [0.05, 0.1) is 24.0 Å². The normalized spacial score (nSPS) is 22.1. The van der Waals surface area contributed by atoms with Crippen LogP contribution in [0.4, 0.5) is 11.4 Å². The van der Waals surface area contributed by atoms with Crippen LogP contribution in [0, 0.1) is 6.92 Å². The Hall–Kier alpha value is -1.07. The van der Waals surface area contributed by atoms with Crippen LogP contribution in [0.1, 0.15) is 19.4 Å². The van der Waals surface area contributed by atoms with Gasteiger partial charge in [-0.2, -0.15) is 0 Å². The summed E-state index contributed by atoms with van der Waals surface area (Å²) in [5.74, 6) is 0.170.